The van der Waals surface area contributed by atoms with E-state index in [0.29, 0.717) is 31.1 Å². The van der Waals surface area contributed by atoms with Gasteiger partial charge in [0.15, 0.2) is 0 Å². The van der Waals surface area contributed by atoms with Crippen LogP contribution in [0.3, 0.4) is 0 Å². The number of rotatable bonds is 7. The number of morpholine rings is 1. The molecule has 1 aliphatic rings. The van der Waals surface area contributed by atoms with Crippen LogP contribution in [0.2, 0.25) is 0 Å². The lowest BCUT2D eigenvalue weighted by Gasteiger charge is -2.27. The number of nitrogens with zero attached hydrogens (tertiary/aromatic N) is 2. The van der Waals surface area contributed by atoms with Gasteiger partial charge in [0, 0.05) is 37.2 Å². The van der Waals surface area contributed by atoms with Gasteiger partial charge in [-0.3, -0.25) is 0 Å². The van der Waals surface area contributed by atoms with E-state index in [4.69, 9.17) is 4.74 Å². The minimum atomic E-state index is -0.318. The molecule has 1 saturated heterocycles. The first-order valence-electron chi connectivity index (χ1n) is 11.6. The highest BCUT2D eigenvalue weighted by Gasteiger charge is 2.13. The zero-order valence-electron chi connectivity index (χ0n) is 19.7. The standard InChI is InChI=1S/C26H30N6O3/c1-19(21-8-10-23(11-9-21)31-26(34)30-22-5-3-2-4-6-22)29-25(33)28-18-20-7-12-24(27-17-20)32-13-15-35-16-14-32/h2-12,17,19H,13-16,18H2,1H3,(H2,28,29,33)(H2,30,31,34). The molecule has 4 N–H and O–H groups in total. The van der Waals surface area contributed by atoms with Gasteiger partial charge < -0.3 is 30.9 Å². The van der Waals surface area contributed by atoms with Crippen LogP contribution in [0.1, 0.15) is 24.1 Å². The third-order valence-electron chi connectivity index (χ3n) is 5.65. The van der Waals surface area contributed by atoms with Gasteiger partial charge in [-0.15, -0.1) is 0 Å². The van der Waals surface area contributed by atoms with Gasteiger partial charge in [-0.25, -0.2) is 14.6 Å². The number of amides is 4. The molecule has 1 aromatic heterocycles. The average molecular weight is 475 g/mol. The first-order valence-corrected chi connectivity index (χ1v) is 11.6. The molecule has 35 heavy (non-hydrogen) atoms. The number of ether oxygens (including phenoxy) is 1. The maximum atomic E-state index is 12.4. The number of hydrogen-bond acceptors (Lipinski definition) is 5. The summed E-state index contributed by atoms with van der Waals surface area (Å²) in [6, 6.07) is 19.7. The van der Waals surface area contributed by atoms with Gasteiger partial charge in [0.1, 0.15) is 5.82 Å². The summed E-state index contributed by atoms with van der Waals surface area (Å²) in [6.45, 7) is 5.39. The summed E-state index contributed by atoms with van der Waals surface area (Å²) >= 11 is 0. The van der Waals surface area contributed by atoms with Crippen molar-refractivity contribution in [1.29, 1.82) is 0 Å². The number of carbonyl (C=O) groups is 2. The zero-order valence-corrected chi connectivity index (χ0v) is 19.7. The summed E-state index contributed by atoms with van der Waals surface area (Å²) < 4.78 is 5.37. The first kappa shape index (κ1) is 24.0. The summed E-state index contributed by atoms with van der Waals surface area (Å²) in [5.41, 5.74) is 3.22. The molecule has 1 atom stereocenters. The molecule has 182 valence electrons. The van der Waals surface area contributed by atoms with E-state index in [1.807, 2.05) is 61.5 Å². The Bertz CT molecular complexity index is 1100. The molecule has 0 radical (unpaired) electrons. The lowest BCUT2D eigenvalue weighted by Crippen LogP contribution is -2.37. The largest absolute Gasteiger partial charge is 0.378 e. The Morgan fingerprint density at radius 3 is 2.26 bits per heavy atom. The highest BCUT2D eigenvalue weighted by atomic mass is 16.5. The molecule has 1 aliphatic heterocycles. The number of urea groups is 2. The van der Waals surface area contributed by atoms with Crippen LogP contribution in [-0.4, -0.2) is 43.3 Å². The molecule has 4 rings (SSSR count). The molecule has 9 nitrogen and oxygen atoms in total. The zero-order chi connectivity index (χ0) is 24.5. The average Bonchev–Trinajstić information content (AvgIpc) is 2.89. The Morgan fingerprint density at radius 1 is 0.914 bits per heavy atom. The molecule has 2 aromatic carbocycles. The van der Waals surface area contributed by atoms with Crippen molar-refractivity contribution >= 4 is 29.3 Å². The van der Waals surface area contributed by atoms with E-state index in [0.717, 1.165) is 30.0 Å². The van der Waals surface area contributed by atoms with Gasteiger partial charge in [-0.1, -0.05) is 36.4 Å². The Labute approximate surface area is 204 Å². The predicted octanol–water partition coefficient (Wildman–Crippen LogP) is 4.12. The van der Waals surface area contributed by atoms with Crippen LogP contribution < -0.4 is 26.2 Å². The highest BCUT2D eigenvalue weighted by molar-refractivity contribution is 5.99. The quantitative estimate of drug-likeness (QED) is 0.412. The van der Waals surface area contributed by atoms with E-state index < -0.39 is 0 Å². The van der Waals surface area contributed by atoms with Crippen LogP contribution >= 0.6 is 0 Å². The molecular weight excluding hydrogens is 444 g/mol. The summed E-state index contributed by atoms with van der Waals surface area (Å²) in [4.78, 5) is 31.2. The Morgan fingerprint density at radius 2 is 1.60 bits per heavy atom. The molecule has 3 aromatic rings. The van der Waals surface area contributed by atoms with Crippen molar-refractivity contribution in [1.82, 2.24) is 15.6 Å². The lowest BCUT2D eigenvalue weighted by molar-refractivity contribution is 0.122. The SMILES string of the molecule is CC(NC(=O)NCc1ccc(N2CCOCC2)nc1)c1ccc(NC(=O)Nc2ccccc2)cc1. The van der Waals surface area contributed by atoms with Crippen molar-refractivity contribution in [2.24, 2.45) is 0 Å². The molecule has 0 bridgehead atoms. The Kier molecular flexibility index (Phi) is 8.13. The molecule has 1 unspecified atom stereocenters. The van der Waals surface area contributed by atoms with E-state index >= 15 is 0 Å². The summed E-state index contributed by atoms with van der Waals surface area (Å²) in [7, 11) is 0. The fourth-order valence-corrected chi connectivity index (χ4v) is 3.68. The van der Waals surface area contributed by atoms with Gasteiger partial charge in [-0.2, -0.15) is 0 Å². The van der Waals surface area contributed by atoms with Crippen LogP contribution in [0.25, 0.3) is 0 Å². The topological polar surface area (TPSA) is 108 Å². The molecule has 4 amide bonds. The predicted molar refractivity (Wildman–Crippen MR) is 137 cm³/mol. The lowest BCUT2D eigenvalue weighted by atomic mass is 10.1. The van der Waals surface area contributed by atoms with E-state index in [1.165, 1.54) is 0 Å². The summed E-state index contributed by atoms with van der Waals surface area (Å²) in [6.07, 6.45) is 1.79. The molecule has 0 spiro atoms. The van der Waals surface area contributed by atoms with Crippen molar-refractivity contribution < 1.29 is 14.3 Å². The van der Waals surface area contributed by atoms with E-state index in [-0.39, 0.29) is 18.1 Å². The van der Waals surface area contributed by atoms with Gasteiger partial charge in [-0.05, 0) is 48.4 Å². The smallest absolute Gasteiger partial charge is 0.323 e. The molecule has 0 aliphatic carbocycles. The molecule has 1 fully saturated rings. The minimum Gasteiger partial charge on any atom is -0.378 e. The second kappa shape index (κ2) is 11.8. The number of nitrogens with one attached hydrogen (secondary N) is 4. The molecule has 2 heterocycles. The maximum absolute atomic E-state index is 12.4. The summed E-state index contributed by atoms with van der Waals surface area (Å²) in [5.74, 6) is 0.922. The normalized spacial score (nSPS) is 14.0. The van der Waals surface area contributed by atoms with Gasteiger partial charge >= 0.3 is 12.1 Å². The van der Waals surface area contributed by atoms with Gasteiger partial charge in [0.05, 0.1) is 19.3 Å². The van der Waals surface area contributed by atoms with Crippen molar-refractivity contribution in [3.8, 4) is 0 Å². The molecule has 9 heteroatoms. The second-order valence-electron chi connectivity index (χ2n) is 8.24. The number of carbonyl (C=O) groups excluding carboxylic acids is 2. The number of para-hydroxylation sites is 1. The minimum absolute atomic E-state index is 0.205. The monoisotopic (exact) mass is 474 g/mol. The van der Waals surface area contributed by atoms with Crippen molar-refractivity contribution in [2.75, 3.05) is 41.8 Å². The number of anilines is 3. The van der Waals surface area contributed by atoms with Crippen LogP contribution in [0.15, 0.2) is 72.9 Å². The fourth-order valence-electron chi connectivity index (χ4n) is 3.68. The van der Waals surface area contributed by atoms with Crippen LogP contribution in [0.5, 0.6) is 0 Å². The molecular formula is C26H30N6O3. The van der Waals surface area contributed by atoms with E-state index in [1.54, 1.807) is 18.3 Å². The highest BCUT2D eigenvalue weighted by Crippen LogP contribution is 2.17. The Hall–Kier alpha value is -4.11. The van der Waals surface area contributed by atoms with Crippen LogP contribution in [0, 0.1) is 0 Å². The molecule has 0 saturated carbocycles. The number of aromatic nitrogens is 1. The number of pyridine rings is 1. The van der Waals surface area contributed by atoms with Crippen molar-refractivity contribution in [3.05, 3.63) is 84.1 Å². The maximum Gasteiger partial charge on any atom is 0.323 e. The van der Waals surface area contributed by atoms with Crippen LogP contribution in [-0.2, 0) is 11.3 Å². The second-order valence-corrected chi connectivity index (χ2v) is 8.24. The van der Waals surface area contributed by atoms with Gasteiger partial charge in [0.25, 0.3) is 0 Å². The Balaban J connectivity index is 1.21. The number of benzene rings is 2. The first-order chi connectivity index (χ1) is 17.1. The fraction of sp³-hybridized carbons (Fsp3) is 0.269. The third kappa shape index (κ3) is 7.18. The number of hydrogen-bond donors (Lipinski definition) is 4. The van der Waals surface area contributed by atoms with Gasteiger partial charge in [0.2, 0.25) is 0 Å². The van der Waals surface area contributed by atoms with E-state index in [9.17, 15) is 9.59 Å². The summed E-state index contributed by atoms with van der Waals surface area (Å²) in [5, 5.41) is 11.4. The van der Waals surface area contributed by atoms with E-state index in [2.05, 4.69) is 31.2 Å². The third-order valence-corrected chi connectivity index (χ3v) is 5.65. The van der Waals surface area contributed by atoms with Crippen molar-refractivity contribution in [2.45, 2.75) is 19.5 Å². The van der Waals surface area contributed by atoms with Crippen molar-refractivity contribution in [3.63, 3.8) is 0 Å². The van der Waals surface area contributed by atoms with Crippen LogP contribution in [0.4, 0.5) is 26.8 Å².